The second-order valence-electron chi connectivity index (χ2n) is 6.50. The minimum Gasteiger partial charge on any atom is -0.371 e. The maximum Gasteiger partial charge on any atom is 0.164 e. The van der Waals surface area contributed by atoms with Crippen molar-refractivity contribution in [3.8, 4) is 0 Å². The molecule has 0 bridgehead atoms. The molecule has 18 heavy (non-hydrogen) atoms. The van der Waals surface area contributed by atoms with Gasteiger partial charge in [-0.3, -0.25) is 0 Å². The van der Waals surface area contributed by atoms with E-state index < -0.39 is 5.60 Å². The van der Waals surface area contributed by atoms with Crippen LogP contribution >= 0.6 is 0 Å². The lowest BCUT2D eigenvalue weighted by molar-refractivity contribution is 0.00733. The van der Waals surface area contributed by atoms with Crippen LogP contribution in [0.3, 0.4) is 0 Å². The minimum atomic E-state index is -0.398. The summed E-state index contributed by atoms with van der Waals surface area (Å²) in [5, 5.41) is 12.3. The van der Waals surface area contributed by atoms with Crippen molar-refractivity contribution in [2.45, 2.75) is 52.8 Å². The van der Waals surface area contributed by atoms with Gasteiger partial charge >= 0.3 is 0 Å². The third-order valence-electron chi connectivity index (χ3n) is 3.64. The highest BCUT2D eigenvalue weighted by atomic mass is 16.5. The molecule has 1 aromatic rings. The Morgan fingerprint density at radius 2 is 1.89 bits per heavy atom. The van der Waals surface area contributed by atoms with Crippen LogP contribution in [0.15, 0.2) is 0 Å². The number of rotatable bonds is 2. The molecule has 0 spiro atoms. The summed E-state index contributed by atoms with van der Waals surface area (Å²) in [6.07, 6.45) is 0. The Hall–Kier alpha value is -0.940. The third kappa shape index (κ3) is 2.17. The van der Waals surface area contributed by atoms with Gasteiger partial charge in [-0.1, -0.05) is 20.8 Å². The molecule has 1 aromatic heterocycles. The molecule has 0 aromatic carbocycles. The molecule has 0 saturated heterocycles. The number of hydrogen-bond acceptors (Lipinski definition) is 4. The zero-order valence-electron chi connectivity index (χ0n) is 12.2. The van der Waals surface area contributed by atoms with E-state index in [1.165, 1.54) is 0 Å². The van der Waals surface area contributed by atoms with E-state index in [9.17, 15) is 0 Å². The normalized spacial score (nSPS) is 20.9. The van der Waals surface area contributed by atoms with E-state index in [-0.39, 0.29) is 11.5 Å². The largest absolute Gasteiger partial charge is 0.371 e. The molecular weight excluding hydrogens is 228 g/mol. The number of nitrogens with one attached hydrogen (secondary N) is 1. The highest BCUT2D eigenvalue weighted by Gasteiger charge is 2.36. The smallest absolute Gasteiger partial charge is 0.164 e. The first-order chi connectivity index (χ1) is 8.27. The van der Waals surface area contributed by atoms with E-state index in [1.807, 2.05) is 13.8 Å². The van der Waals surface area contributed by atoms with Gasteiger partial charge in [0.15, 0.2) is 11.6 Å². The zero-order chi connectivity index (χ0) is 13.6. The molecule has 5 nitrogen and oxygen atoms in total. The molecular formula is C13H24N4O. The average molecular weight is 252 g/mol. The van der Waals surface area contributed by atoms with Gasteiger partial charge in [-0.2, -0.15) is 0 Å². The SMILES string of the molecule is COC(C)(C)c1nnc2n1CCNC2C(C)(C)C. The number of aromatic nitrogens is 3. The molecule has 2 rings (SSSR count). The van der Waals surface area contributed by atoms with Gasteiger partial charge in [-0.05, 0) is 19.3 Å². The third-order valence-corrected chi connectivity index (χ3v) is 3.64. The second-order valence-corrected chi connectivity index (χ2v) is 6.50. The van der Waals surface area contributed by atoms with E-state index in [1.54, 1.807) is 7.11 Å². The summed E-state index contributed by atoms with van der Waals surface area (Å²) in [6, 6.07) is 0.236. The van der Waals surface area contributed by atoms with E-state index in [4.69, 9.17) is 4.74 Å². The highest BCUT2D eigenvalue weighted by molar-refractivity contribution is 5.11. The number of fused-ring (bicyclic) bond motifs is 1. The molecule has 102 valence electrons. The van der Waals surface area contributed by atoms with Crippen LogP contribution in [-0.2, 0) is 16.9 Å². The molecule has 5 heteroatoms. The van der Waals surface area contributed by atoms with Gasteiger partial charge in [-0.25, -0.2) is 0 Å². The molecule has 1 unspecified atom stereocenters. The number of hydrogen-bond donors (Lipinski definition) is 1. The number of ether oxygens (including phenoxy) is 1. The Morgan fingerprint density at radius 3 is 2.44 bits per heavy atom. The lowest BCUT2D eigenvalue weighted by Gasteiger charge is -2.35. The fourth-order valence-electron chi connectivity index (χ4n) is 2.39. The van der Waals surface area contributed by atoms with Crippen molar-refractivity contribution in [1.29, 1.82) is 0 Å². The summed E-state index contributed by atoms with van der Waals surface area (Å²) in [4.78, 5) is 0. The van der Waals surface area contributed by atoms with Gasteiger partial charge < -0.3 is 14.6 Å². The topological polar surface area (TPSA) is 52.0 Å². The Labute approximate surface area is 109 Å². The van der Waals surface area contributed by atoms with E-state index in [2.05, 4.69) is 40.9 Å². The van der Waals surface area contributed by atoms with Crippen molar-refractivity contribution in [3.05, 3.63) is 11.6 Å². The summed E-state index contributed by atoms with van der Waals surface area (Å²) in [5.41, 5.74) is -0.273. The van der Waals surface area contributed by atoms with Crippen molar-refractivity contribution >= 4 is 0 Å². The average Bonchev–Trinajstić information content (AvgIpc) is 2.71. The van der Waals surface area contributed by atoms with Crippen molar-refractivity contribution in [2.75, 3.05) is 13.7 Å². The van der Waals surface area contributed by atoms with Crippen LogP contribution in [0.5, 0.6) is 0 Å². The maximum absolute atomic E-state index is 5.53. The predicted octanol–water partition coefficient (Wildman–Crippen LogP) is 1.85. The van der Waals surface area contributed by atoms with Crippen LogP contribution < -0.4 is 5.32 Å². The first-order valence-corrected chi connectivity index (χ1v) is 6.49. The standard InChI is InChI=1S/C13H24N4O/c1-12(2,3)9-10-15-16-11(13(4,5)18-6)17(10)8-7-14-9/h9,14H,7-8H2,1-6H3. The summed E-state index contributed by atoms with van der Waals surface area (Å²) in [7, 11) is 1.71. The molecule has 1 aliphatic heterocycles. The van der Waals surface area contributed by atoms with Crippen LogP contribution in [-0.4, -0.2) is 28.4 Å². The number of nitrogens with zero attached hydrogens (tertiary/aromatic N) is 3. The van der Waals surface area contributed by atoms with Crippen LogP contribution in [0.25, 0.3) is 0 Å². The van der Waals surface area contributed by atoms with Crippen LogP contribution in [0.4, 0.5) is 0 Å². The molecule has 2 heterocycles. The molecule has 1 aliphatic rings. The summed E-state index contributed by atoms with van der Waals surface area (Å²) in [5.74, 6) is 1.93. The highest BCUT2D eigenvalue weighted by Crippen LogP contribution is 2.35. The monoisotopic (exact) mass is 252 g/mol. The Kier molecular flexibility index (Phi) is 3.23. The molecule has 0 fully saturated rings. The molecule has 0 radical (unpaired) electrons. The quantitative estimate of drug-likeness (QED) is 0.872. The van der Waals surface area contributed by atoms with Crippen LogP contribution in [0.2, 0.25) is 0 Å². The van der Waals surface area contributed by atoms with Gasteiger partial charge in [0.1, 0.15) is 5.60 Å². The Bertz CT molecular complexity index is 431. The predicted molar refractivity (Wildman–Crippen MR) is 70.3 cm³/mol. The van der Waals surface area contributed by atoms with E-state index in [0.29, 0.717) is 0 Å². The molecule has 1 atom stereocenters. The summed E-state index contributed by atoms with van der Waals surface area (Å²) >= 11 is 0. The molecule has 0 aliphatic carbocycles. The van der Waals surface area contributed by atoms with Crippen molar-refractivity contribution in [1.82, 2.24) is 20.1 Å². The van der Waals surface area contributed by atoms with Gasteiger partial charge in [0.2, 0.25) is 0 Å². The maximum atomic E-state index is 5.53. The van der Waals surface area contributed by atoms with E-state index in [0.717, 1.165) is 24.7 Å². The lowest BCUT2D eigenvalue weighted by Crippen LogP contribution is -2.42. The first-order valence-electron chi connectivity index (χ1n) is 6.49. The first kappa shape index (κ1) is 13.5. The molecule has 1 N–H and O–H groups in total. The van der Waals surface area contributed by atoms with Crippen LogP contribution in [0.1, 0.15) is 52.3 Å². The molecule has 0 amide bonds. The summed E-state index contributed by atoms with van der Waals surface area (Å²) < 4.78 is 7.73. The molecule has 0 saturated carbocycles. The van der Waals surface area contributed by atoms with Gasteiger partial charge in [0.05, 0.1) is 6.04 Å². The van der Waals surface area contributed by atoms with Gasteiger partial charge in [0, 0.05) is 20.2 Å². The lowest BCUT2D eigenvalue weighted by atomic mass is 9.85. The Morgan fingerprint density at radius 1 is 1.22 bits per heavy atom. The fraction of sp³-hybridized carbons (Fsp3) is 0.846. The van der Waals surface area contributed by atoms with Crippen molar-refractivity contribution < 1.29 is 4.74 Å². The van der Waals surface area contributed by atoms with Gasteiger partial charge in [-0.15, -0.1) is 10.2 Å². The summed E-state index contributed by atoms with van der Waals surface area (Å²) in [6.45, 7) is 12.6. The Balaban J connectivity index is 2.45. The van der Waals surface area contributed by atoms with Crippen LogP contribution in [0, 0.1) is 5.41 Å². The minimum absolute atomic E-state index is 0.125. The van der Waals surface area contributed by atoms with Gasteiger partial charge in [0.25, 0.3) is 0 Å². The zero-order valence-corrected chi connectivity index (χ0v) is 12.2. The van der Waals surface area contributed by atoms with E-state index >= 15 is 0 Å². The fourth-order valence-corrected chi connectivity index (χ4v) is 2.39. The van der Waals surface area contributed by atoms with Crippen molar-refractivity contribution in [3.63, 3.8) is 0 Å². The number of methoxy groups -OCH3 is 1. The second kappa shape index (κ2) is 4.31. The van der Waals surface area contributed by atoms with Crippen molar-refractivity contribution in [2.24, 2.45) is 5.41 Å².